The largest absolute Gasteiger partial charge is 0.444 e. The van der Waals surface area contributed by atoms with Gasteiger partial charge < -0.3 is 15.4 Å². The number of amides is 4. The van der Waals surface area contributed by atoms with Crippen LogP contribution >= 0.6 is 0 Å². The SMILES string of the molecule is NC(=O)C1CC(OC(=O)N2Cc3cccc(F)c3C2)CN1C(=O)CCCCCC/C=C\C1CC1C(=O)NS(=O)(=O)C1CC1. The van der Waals surface area contributed by atoms with E-state index in [0.717, 1.165) is 31.2 Å². The average Bonchev–Trinajstić information content (AvgIpc) is 3.87. The van der Waals surface area contributed by atoms with E-state index in [9.17, 15) is 32.0 Å². The van der Waals surface area contributed by atoms with Crippen molar-refractivity contribution in [3.63, 3.8) is 0 Å². The molecule has 4 atom stereocenters. The number of rotatable bonds is 13. The number of sulfonamides is 1. The molecule has 3 fully saturated rings. The molecule has 0 bridgehead atoms. The van der Waals surface area contributed by atoms with Gasteiger partial charge in [0.1, 0.15) is 18.0 Å². The number of nitrogens with zero attached hydrogens (tertiary/aromatic N) is 2. The summed E-state index contributed by atoms with van der Waals surface area (Å²) in [6.07, 6.45) is 9.14. The zero-order chi connectivity index (χ0) is 30.7. The van der Waals surface area contributed by atoms with Crippen molar-refractivity contribution in [1.82, 2.24) is 14.5 Å². The number of carbonyl (C=O) groups is 4. The molecule has 2 heterocycles. The molecule has 0 spiro atoms. The van der Waals surface area contributed by atoms with Crippen LogP contribution in [0.15, 0.2) is 30.4 Å². The molecule has 1 saturated heterocycles. The van der Waals surface area contributed by atoms with Crippen molar-refractivity contribution in [2.24, 2.45) is 17.6 Å². The number of ether oxygens (including phenoxy) is 1. The van der Waals surface area contributed by atoms with Gasteiger partial charge in [0, 0.05) is 30.9 Å². The number of unbranched alkanes of at least 4 members (excludes halogenated alkanes) is 4. The monoisotopic (exact) mass is 618 g/mol. The molecule has 11 nitrogen and oxygen atoms in total. The first-order valence-electron chi connectivity index (χ1n) is 15.1. The molecule has 3 N–H and O–H groups in total. The first-order valence-corrected chi connectivity index (χ1v) is 16.6. The number of fused-ring (bicyclic) bond motifs is 1. The second-order valence-electron chi connectivity index (χ2n) is 12.0. The lowest BCUT2D eigenvalue weighted by Gasteiger charge is -2.22. The number of nitrogens with one attached hydrogen (secondary N) is 1. The normalized spacial score (nSPS) is 24.7. The second-order valence-corrected chi connectivity index (χ2v) is 14.0. The van der Waals surface area contributed by atoms with Gasteiger partial charge in [0.2, 0.25) is 27.7 Å². The van der Waals surface area contributed by atoms with Crippen LogP contribution in [-0.4, -0.2) is 66.0 Å². The molecule has 1 aromatic rings. The summed E-state index contributed by atoms with van der Waals surface area (Å²) in [7, 11) is -3.50. The minimum absolute atomic E-state index is 0.0865. The zero-order valence-corrected chi connectivity index (χ0v) is 24.9. The number of halogens is 1. The number of primary amides is 1. The maximum atomic E-state index is 14.0. The lowest BCUT2D eigenvalue weighted by molar-refractivity contribution is -0.137. The van der Waals surface area contributed by atoms with Gasteiger partial charge in [-0.25, -0.2) is 17.6 Å². The molecule has 1 aromatic carbocycles. The molecule has 4 unspecified atom stereocenters. The fourth-order valence-electron chi connectivity index (χ4n) is 5.87. The van der Waals surface area contributed by atoms with E-state index in [2.05, 4.69) is 4.72 Å². The number of nitrogens with two attached hydrogens (primary N) is 1. The smallest absolute Gasteiger partial charge is 0.410 e. The summed E-state index contributed by atoms with van der Waals surface area (Å²) in [6.45, 7) is 0.433. The van der Waals surface area contributed by atoms with Crippen LogP contribution in [0.5, 0.6) is 0 Å². The lowest BCUT2D eigenvalue weighted by atomic mass is 10.1. The summed E-state index contributed by atoms with van der Waals surface area (Å²) < 4.78 is 45.7. The maximum absolute atomic E-state index is 14.0. The molecule has 0 aromatic heterocycles. The Morgan fingerprint density at radius 1 is 1.07 bits per heavy atom. The van der Waals surface area contributed by atoms with E-state index in [1.165, 1.54) is 15.9 Å². The van der Waals surface area contributed by atoms with E-state index in [1.807, 2.05) is 12.2 Å². The molecule has 2 saturated carbocycles. The summed E-state index contributed by atoms with van der Waals surface area (Å²) in [5, 5.41) is -0.408. The van der Waals surface area contributed by atoms with Crippen molar-refractivity contribution < 1.29 is 36.7 Å². The third kappa shape index (κ3) is 7.73. The van der Waals surface area contributed by atoms with Gasteiger partial charge in [-0.3, -0.25) is 24.0 Å². The van der Waals surface area contributed by atoms with Gasteiger partial charge in [-0.2, -0.15) is 0 Å². The van der Waals surface area contributed by atoms with Crippen LogP contribution in [0.25, 0.3) is 0 Å². The molecule has 43 heavy (non-hydrogen) atoms. The van der Waals surface area contributed by atoms with Gasteiger partial charge in [-0.05, 0) is 56.1 Å². The summed E-state index contributed by atoms with van der Waals surface area (Å²) in [5.41, 5.74) is 6.74. The van der Waals surface area contributed by atoms with Crippen LogP contribution in [0.2, 0.25) is 0 Å². The number of likely N-dealkylation sites (tertiary alicyclic amines) is 1. The van der Waals surface area contributed by atoms with E-state index < -0.39 is 45.3 Å². The summed E-state index contributed by atoms with van der Waals surface area (Å²) in [5.74, 6) is -1.80. The summed E-state index contributed by atoms with van der Waals surface area (Å²) in [4.78, 5) is 52.6. The Morgan fingerprint density at radius 3 is 2.56 bits per heavy atom. The minimum Gasteiger partial charge on any atom is -0.444 e. The van der Waals surface area contributed by atoms with Crippen LogP contribution in [-0.2, 0) is 42.2 Å². The minimum atomic E-state index is -3.50. The number of hydrogen-bond acceptors (Lipinski definition) is 7. The van der Waals surface area contributed by atoms with E-state index >= 15 is 0 Å². The predicted octanol–water partition coefficient (Wildman–Crippen LogP) is 2.87. The van der Waals surface area contributed by atoms with Gasteiger partial charge in [0.05, 0.1) is 18.3 Å². The van der Waals surface area contributed by atoms with Crippen LogP contribution < -0.4 is 10.5 Å². The Hall–Kier alpha value is -3.48. The molecule has 5 rings (SSSR count). The fraction of sp³-hybridized carbons (Fsp3) is 0.600. The fourth-order valence-corrected chi connectivity index (χ4v) is 7.22. The van der Waals surface area contributed by atoms with Crippen molar-refractivity contribution in [3.05, 3.63) is 47.3 Å². The van der Waals surface area contributed by atoms with E-state index in [0.29, 0.717) is 31.2 Å². The van der Waals surface area contributed by atoms with Crippen molar-refractivity contribution in [1.29, 1.82) is 0 Å². The quantitative estimate of drug-likeness (QED) is 0.254. The topological polar surface area (TPSA) is 156 Å². The van der Waals surface area contributed by atoms with Crippen molar-refractivity contribution in [2.45, 2.75) is 94.7 Å². The van der Waals surface area contributed by atoms with Gasteiger partial charge >= 0.3 is 6.09 Å². The summed E-state index contributed by atoms with van der Waals surface area (Å²) >= 11 is 0. The van der Waals surface area contributed by atoms with Crippen LogP contribution in [0.4, 0.5) is 9.18 Å². The van der Waals surface area contributed by atoms with Crippen molar-refractivity contribution in [3.8, 4) is 0 Å². The van der Waals surface area contributed by atoms with E-state index in [-0.39, 0.29) is 56.0 Å². The highest BCUT2D eigenvalue weighted by Gasteiger charge is 2.45. The van der Waals surface area contributed by atoms with Gasteiger partial charge in [-0.15, -0.1) is 0 Å². The molecule has 234 valence electrons. The third-order valence-electron chi connectivity index (χ3n) is 8.64. The lowest BCUT2D eigenvalue weighted by Crippen LogP contribution is -2.43. The standard InChI is InChI=1S/C30H39FN4O7S/c31-25-10-7-9-20-16-34(18-24(20)25)30(39)42-21-15-26(28(32)37)35(17-21)27(36)11-6-4-2-1-3-5-8-19-14-23(19)29(38)33-43(40,41)22-12-13-22/h5,7-10,19,21-23,26H,1-4,6,11-18H2,(H2,32,37)(H,33,38)/b8-5-. The van der Waals surface area contributed by atoms with Crippen LogP contribution in [0.1, 0.15) is 75.3 Å². The second kappa shape index (κ2) is 13.0. The zero-order valence-electron chi connectivity index (χ0n) is 24.1. The third-order valence-corrected chi connectivity index (χ3v) is 10.5. The highest BCUT2D eigenvalue weighted by Crippen LogP contribution is 2.40. The number of allylic oxidation sites excluding steroid dienone is 2. The van der Waals surface area contributed by atoms with Crippen molar-refractivity contribution in [2.75, 3.05) is 6.54 Å². The highest BCUT2D eigenvalue weighted by atomic mass is 32.2. The molecular formula is C30H39FN4O7S. The molecule has 0 radical (unpaired) electrons. The van der Waals surface area contributed by atoms with Gasteiger partial charge in [0.15, 0.2) is 0 Å². The van der Waals surface area contributed by atoms with Crippen molar-refractivity contribution >= 4 is 33.8 Å². The molecule has 4 amide bonds. The Balaban J connectivity index is 0.963. The number of hydrogen-bond donors (Lipinski definition) is 2. The van der Waals surface area contributed by atoms with Gasteiger partial charge in [-0.1, -0.05) is 37.1 Å². The average molecular weight is 619 g/mol. The summed E-state index contributed by atoms with van der Waals surface area (Å²) in [6, 6.07) is 3.87. The predicted molar refractivity (Wildman–Crippen MR) is 154 cm³/mol. The van der Waals surface area contributed by atoms with Crippen LogP contribution in [0, 0.1) is 17.7 Å². The molecular weight excluding hydrogens is 579 g/mol. The molecule has 13 heteroatoms. The Kier molecular flexibility index (Phi) is 9.38. The Bertz CT molecular complexity index is 1400. The molecule has 2 aliphatic heterocycles. The molecule has 2 aliphatic carbocycles. The van der Waals surface area contributed by atoms with Crippen LogP contribution in [0.3, 0.4) is 0 Å². The number of benzene rings is 1. The maximum Gasteiger partial charge on any atom is 0.410 e. The first kappa shape index (κ1) is 31.0. The Morgan fingerprint density at radius 2 is 1.84 bits per heavy atom. The van der Waals surface area contributed by atoms with Gasteiger partial charge in [0.25, 0.3) is 0 Å². The highest BCUT2D eigenvalue weighted by molar-refractivity contribution is 7.90. The Labute approximate surface area is 251 Å². The van der Waals surface area contributed by atoms with E-state index in [4.69, 9.17) is 10.5 Å². The van der Waals surface area contributed by atoms with E-state index in [1.54, 1.807) is 12.1 Å². The molecule has 4 aliphatic rings. The first-order chi connectivity index (χ1) is 20.5. The number of carbonyl (C=O) groups excluding carboxylic acids is 4.